The highest BCUT2D eigenvalue weighted by atomic mass is 14.9. The average Bonchev–Trinajstić information content (AvgIpc) is 2.93. The Morgan fingerprint density at radius 3 is 1.16 bits per heavy atom. The summed E-state index contributed by atoms with van der Waals surface area (Å²) in [5.74, 6) is 0. The van der Waals surface area contributed by atoms with Crippen LogP contribution in [0.2, 0.25) is 0 Å². The van der Waals surface area contributed by atoms with Gasteiger partial charge in [0.25, 0.3) is 0 Å². The van der Waals surface area contributed by atoms with Gasteiger partial charge in [-0.15, -0.1) is 0 Å². The van der Waals surface area contributed by atoms with Crippen LogP contribution in [0.4, 0.5) is 0 Å². The van der Waals surface area contributed by atoms with E-state index in [0.29, 0.717) is 0 Å². The minimum Gasteiger partial charge on any atom is -0.205 e. The fourth-order valence-electron chi connectivity index (χ4n) is 5.91. The normalized spacial score (nSPS) is 11.4. The number of aromatic nitrogens is 1. The van der Waals surface area contributed by atoms with Crippen molar-refractivity contribution in [1.82, 2.24) is 0 Å². The van der Waals surface area contributed by atoms with Gasteiger partial charge >= 0.3 is 0 Å². The highest BCUT2D eigenvalue weighted by Crippen LogP contribution is 2.18. The standard InChI is InChI=1S/C37H70N/c1-4-7-10-13-15-17-19-21-23-25-27-30-36-32-34-38(33-29-12-9-6-3)35-37(36)31-28-26-24-22-20-18-16-14-11-8-5-2/h32,34-35H,4-31,33H2,1-3H3/q+1. The first-order valence-corrected chi connectivity index (χ1v) is 17.8. The molecule has 0 atom stereocenters. The Kier molecular flexibility index (Phi) is 25.6. The predicted molar refractivity (Wildman–Crippen MR) is 171 cm³/mol. The molecule has 0 aliphatic rings. The molecule has 0 aromatic carbocycles. The maximum absolute atomic E-state index is 2.52. The smallest absolute Gasteiger partial charge is 0.172 e. The van der Waals surface area contributed by atoms with Gasteiger partial charge in [0, 0.05) is 18.1 Å². The van der Waals surface area contributed by atoms with Crippen molar-refractivity contribution in [2.24, 2.45) is 0 Å². The molecule has 0 unspecified atom stereocenters. The summed E-state index contributed by atoms with van der Waals surface area (Å²) < 4.78 is 2.49. The average molecular weight is 529 g/mol. The molecule has 0 saturated heterocycles. The Balaban J connectivity index is 2.30. The number of nitrogens with zero attached hydrogens (tertiary/aromatic N) is 1. The molecule has 0 aliphatic heterocycles. The Hall–Kier alpha value is -0.850. The number of unbranched alkanes of at least 4 members (excludes halogenated alkanes) is 23. The van der Waals surface area contributed by atoms with E-state index < -0.39 is 0 Å². The van der Waals surface area contributed by atoms with Crippen molar-refractivity contribution in [2.75, 3.05) is 0 Å². The van der Waals surface area contributed by atoms with Gasteiger partial charge < -0.3 is 0 Å². The van der Waals surface area contributed by atoms with Crippen LogP contribution in [0.5, 0.6) is 0 Å². The summed E-state index contributed by atoms with van der Waals surface area (Å²) in [6.45, 7) is 8.13. The summed E-state index contributed by atoms with van der Waals surface area (Å²) in [6, 6.07) is 2.48. The quantitative estimate of drug-likeness (QED) is 0.0719. The minimum absolute atomic E-state index is 1.20. The third-order valence-electron chi connectivity index (χ3n) is 8.57. The van der Waals surface area contributed by atoms with Crippen molar-refractivity contribution < 1.29 is 4.57 Å². The van der Waals surface area contributed by atoms with E-state index in [1.807, 2.05) is 0 Å². The van der Waals surface area contributed by atoms with Gasteiger partial charge in [-0.2, -0.15) is 0 Å². The number of rotatable bonds is 29. The Morgan fingerprint density at radius 2 is 0.737 bits per heavy atom. The molecule has 38 heavy (non-hydrogen) atoms. The first-order valence-electron chi connectivity index (χ1n) is 17.8. The zero-order valence-electron chi connectivity index (χ0n) is 26.7. The number of hydrogen-bond donors (Lipinski definition) is 0. The fourth-order valence-corrected chi connectivity index (χ4v) is 5.91. The molecule has 1 nitrogen and oxygen atoms in total. The molecule has 1 heterocycles. The van der Waals surface area contributed by atoms with Gasteiger partial charge in [-0.25, -0.2) is 4.57 Å². The summed E-state index contributed by atoms with van der Waals surface area (Å²) in [4.78, 5) is 0. The summed E-state index contributed by atoms with van der Waals surface area (Å²) in [7, 11) is 0. The highest BCUT2D eigenvalue weighted by Gasteiger charge is 2.10. The van der Waals surface area contributed by atoms with Gasteiger partial charge in [0.15, 0.2) is 12.4 Å². The van der Waals surface area contributed by atoms with Crippen molar-refractivity contribution in [3.8, 4) is 0 Å². The van der Waals surface area contributed by atoms with Crippen LogP contribution < -0.4 is 4.57 Å². The van der Waals surface area contributed by atoms with Crippen LogP contribution >= 0.6 is 0 Å². The molecule has 1 heteroatoms. The van der Waals surface area contributed by atoms with Crippen LogP contribution in [0, 0.1) is 0 Å². The zero-order valence-corrected chi connectivity index (χ0v) is 26.7. The first-order chi connectivity index (χ1) is 18.8. The van der Waals surface area contributed by atoms with E-state index in [-0.39, 0.29) is 0 Å². The number of pyridine rings is 1. The fraction of sp³-hybridized carbons (Fsp3) is 0.865. The lowest BCUT2D eigenvalue weighted by atomic mass is 9.97. The lowest BCUT2D eigenvalue weighted by Crippen LogP contribution is -2.33. The molecule has 0 fully saturated rings. The van der Waals surface area contributed by atoms with Crippen LogP contribution in [-0.2, 0) is 19.4 Å². The van der Waals surface area contributed by atoms with E-state index in [0.717, 1.165) is 0 Å². The van der Waals surface area contributed by atoms with Crippen molar-refractivity contribution in [2.45, 2.75) is 207 Å². The van der Waals surface area contributed by atoms with Crippen molar-refractivity contribution in [3.63, 3.8) is 0 Å². The molecular weight excluding hydrogens is 458 g/mol. The molecule has 0 spiro atoms. The van der Waals surface area contributed by atoms with Gasteiger partial charge in [0.05, 0.1) is 0 Å². The Labute approximate surface area is 241 Å². The zero-order chi connectivity index (χ0) is 27.4. The van der Waals surface area contributed by atoms with E-state index in [9.17, 15) is 0 Å². The lowest BCUT2D eigenvalue weighted by Gasteiger charge is -2.10. The van der Waals surface area contributed by atoms with Crippen molar-refractivity contribution >= 4 is 0 Å². The van der Waals surface area contributed by atoms with Gasteiger partial charge in [-0.1, -0.05) is 162 Å². The topological polar surface area (TPSA) is 3.88 Å². The first kappa shape index (κ1) is 35.2. The molecule has 0 N–H and O–H groups in total. The van der Waals surface area contributed by atoms with E-state index in [2.05, 4.69) is 43.8 Å². The molecule has 0 saturated carbocycles. The van der Waals surface area contributed by atoms with Gasteiger partial charge in [0.2, 0.25) is 0 Å². The third-order valence-corrected chi connectivity index (χ3v) is 8.57. The summed E-state index contributed by atoms with van der Waals surface area (Å²) in [5.41, 5.74) is 3.31. The number of hydrogen-bond acceptors (Lipinski definition) is 0. The highest BCUT2D eigenvalue weighted by molar-refractivity contribution is 5.21. The molecule has 0 aliphatic carbocycles. The monoisotopic (exact) mass is 529 g/mol. The van der Waals surface area contributed by atoms with Crippen LogP contribution in [-0.4, -0.2) is 0 Å². The van der Waals surface area contributed by atoms with Crippen molar-refractivity contribution in [1.29, 1.82) is 0 Å². The van der Waals surface area contributed by atoms with Gasteiger partial charge in [-0.3, -0.25) is 0 Å². The van der Waals surface area contributed by atoms with Crippen molar-refractivity contribution in [3.05, 3.63) is 29.6 Å². The SMILES string of the molecule is CCCCCCCCCCCCCc1cc[n+](CCCCCC)cc1CCCCCCCCCCCCC. The molecule has 222 valence electrons. The summed E-state index contributed by atoms with van der Waals surface area (Å²) in [6.07, 6.45) is 44.4. The maximum atomic E-state index is 2.52. The molecule has 0 amide bonds. The molecule has 0 bridgehead atoms. The maximum Gasteiger partial charge on any atom is 0.172 e. The van der Waals surface area contributed by atoms with Crippen LogP contribution in [0.1, 0.15) is 199 Å². The van der Waals surface area contributed by atoms with E-state index >= 15 is 0 Å². The molecule has 1 aromatic heterocycles. The second-order valence-electron chi connectivity index (χ2n) is 12.4. The largest absolute Gasteiger partial charge is 0.205 e. The van der Waals surface area contributed by atoms with Crippen LogP contribution in [0.15, 0.2) is 18.5 Å². The Bertz CT molecular complexity index is 607. The van der Waals surface area contributed by atoms with Gasteiger partial charge in [0.1, 0.15) is 6.54 Å². The van der Waals surface area contributed by atoms with E-state index in [1.165, 1.54) is 186 Å². The van der Waals surface area contributed by atoms with E-state index in [4.69, 9.17) is 0 Å². The molecule has 1 aromatic rings. The summed E-state index contributed by atoms with van der Waals surface area (Å²) >= 11 is 0. The summed E-state index contributed by atoms with van der Waals surface area (Å²) in [5, 5.41) is 0. The second kappa shape index (κ2) is 27.7. The second-order valence-corrected chi connectivity index (χ2v) is 12.4. The third kappa shape index (κ3) is 21.0. The minimum atomic E-state index is 1.20. The molecule has 0 radical (unpaired) electrons. The van der Waals surface area contributed by atoms with Crippen LogP contribution in [0.3, 0.4) is 0 Å². The Morgan fingerprint density at radius 1 is 0.395 bits per heavy atom. The van der Waals surface area contributed by atoms with E-state index in [1.54, 1.807) is 11.1 Å². The van der Waals surface area contributed by atoms with Gasteiger partial charge in [-0.05, 0) is 37.7 Å². The molecule has 1 rings (SSSR count). The predicted octanol–water partition coefficient (Wildman–Crippen LogP) is 12.3. The van der Waals surface area contributed by atoms with Crippen LogP contribution in [0.25, 0.3) is 0 Å². The number of aryl methyl sites for hydroxylation is 3. The lowest BCUT2D eigenvalue weighted by molar-refractivity contribution is -0.697. The molecular formula is C37H70N+.